The number of carbonyl (C=O) groups excluding carboxylic acids is 1. The largest absolute Gasteiger partial charge is 0.394 e. The van der Waals surface area contributed by atoms with Crippen LogP contribution >= 0.6 is 0 Å². The fourth-order valence-electron chi connectivity index (χ4n) is 1.93. The van der Waals surface area contributed by atoms with Crippen molar-refractivity contribution in [3.63, 3.8) is 0 Å². The number of nitrogens with two attached hydrogens (primary N) is 1. The number of hydrogen-bond acceptors (Lipinski definition) is 3. The van der Waals surface area contributed by atoms with Crippen LogP contribution in [0.2, 0.25) is 0 Å². The fraction of sp³-hybridized carbons (Fsp3) is 0.917. The van der Waals surface area contributed by atoms with E-state index in [9.17, 15) is 9.90 Å². The van der Waals surface area contributed by atoms with Gasteiger partial charge in [0.1, 0.15) is 0 Å². The van der Waals surface area contributed by atoms with E-state index >= 15 is 0 Å². The number of nitrogens with one attached hydrogen (secondary N) is 1. The molecule has 1 amide bonds. The minimum Gasteiger partial charge on any atom is -0.394 e. The second-order valence-electron chi connectivity index (χ2n) is 5.16. The summed E-state index contributed by atoms with van der Waals surface area (Å²) in [4.78, 5) is 12.1. The van der Waals surface area contributed by atoms with Gasteiger partial charge in [0, 0.05) is 0 Å². The van der Waals surface area contributed by atoms with Crippen LogP contribution in [0, 0.1) is 5.92 Å². The lowest BCUT2D eigenvalue weighted by Crippen LogP contribution is -2.61. The van der Waals surface area contributed by atoms with Crippen molar-refractivity contribution >= 4 is 5.91 Å². The van der Waals surface area contributed by atoms with Crippen LogP contribution in [-0.2, 0) is 4.79 Å². The highest BCUT2D eigenvalue weighted by Crippen LogP contribution is 2.38. The lowest BCUT2D eigenvalue weighted by Gasteiger charge is -2.35. The van der Waals surface area contributed by atoms with Gasteiger partial charge in [0.2, 0.25) is 5.91 Å². The molecule has 0 heterocycles. The minimum absolute atomic E-state index is 0.0352. The van der Waals surface area contributed by atoms with Crippen molar-refractivity contribution in [2.45, 2.75) is 57.5 Å². The Balaban J connectivity index is 2.67. The molecule has 4 nitrogen and oxygen atoms in total. The highest BCUT2D eigenvalue weighted by atomic mass is 16.3. The lowest BCUT2D eigenvalue weighted by atomic mass is 9.90. The van der Waals surface area contributed by atoms with E-state index in [0.29, 0.717) is 18.8 Å². The van der Waals surface area contributed by atoms with E-state index in [-0.39, 0.29) is 12.5 Å². The second-order valence-corrected chi connectivity index (χ2v) is 5.16. The van der Waals surface area contributed by atoms with Gasteiger partial charge in [-0.3, -0.25) is 4.79 Å². The van der Waals surface area contributed by atoms with E-state index in [4.69, 9.17) is 5.73 Å². The van der Waals surface area contributed by atoms with Crippen molar-refractivity contribution < 1.29 is 9.90 Å². The fourth-order valence-corrected chi connectivity index (χ4v) is 1.93. The Labute approximate surface area is 97.6 Å². The van der Waals surface area contributed by atoms with Crippen LogP contribution in [-0.4, -0.2) is 28.7 Å². The first-order valence-corrected chi connectivity index (χ1v) is 6.14. The standard InChI is InChI=1S/C12H24N2O2/c1-4-12(5-2,8-15)14-10(16)11(3,13)9-6-7-9/h9,15H,4-8,13H2,1-3H3,(H,14,16). The normalized spacial score (nSPS) is 20.3. The molecule has 0 aromatic carbocycles. The predicted octanol–water partition coefficient (Wildman–Crippen LogP) is 0.781. The molecule has 0 radical (unpaired) electrons. The van der Waals surface area contributed by atoms with Gasteiger partial charge in [-0.1, -0.05) is 13.8 Å². The number of aliphatic hydroxyl groups excluding tert-OH is 1. The summed E-state index contributed by atoms with van der Waals surface area (Å²) in [7, 11) is 0. The zero-order valence-corrected chi connectivity index (χ0v) is 10.5. The number of hydrogen-bond donors (Lipinski definition) is 3. The van der Waals surface area contributed by atoms with Gasteiger partial charge in [-0.25, -0.2) is 0 Å². The molecular weight excluding hydrogens is 204 g/mol. The van der Waals surface area contributed by atoms with Crippen LogP contribution < -0.4 is 11.1 Å². The first-order chi connectivity index (χ1) is 7.41. The smallest absolute Gasteiger partial charge is 0.240 e. The van der Waals surface area contributed by atoms with E-state index < -0.39 is 11.1 Å². The average molecular weight is 228 g/mol. The van der Waals surface area contributed by atoms with Gasteiger partial charge in [0.05, 0.1) is 17.7 Å². The molecule has 4 N–H and O–H groups in total. The Kier molecular flexibility index (Phi) is 3.97. The summed E-state index contributed by atoms with van der Waals surface area (Å²) in [6, 6.07) is 0. The van der Waals surface area contributed by atoms with Gasteiger partial charge >= 0.3 is 0 Å². The molecule has 1 aliphatic carbocycles. The molecule has 0 aromatic heterocycles. The van der Waals surface area contributed by atoms with Crippen LogP contribution in [0.25, 0.3) is 0 Å². The molecule has 0 spiro atoms. The molecule has 1 aliphatic rings. The highest BCUT2D eigenvalue weighted by molar-refractivity contribution is 5.87. The van der Waals surface area contributed by atoms with Gasteiger partial charge in [0.15, 0.2) is 0 Å². The second kappa shape index (κ2) is 4.72. The summed E-state index contributed by atoms with van der Waals surface area (Å²) >= 11 is 0. The van der Waals surface area contributed by atoms with E-state index in [1.54, 1.807) is 6.92 Å². The maximum absolute atomic E-state index is 12.1. The summed E-state index contributed by atoms with van der Waals surface area (Å²) in [6.45, 7) is 5.68. The zero-order valence-electron chi connectivity index (χ0n) is 10.5. The Bertz CT molecular complexity index is 247. The molecule has 1 unspecified atom stereocenters. The van der Waals surface area contributed by atoms with Crippen molar-refractivity contribution in [3.8, 4) is 0 Å². The third-order valence-corrected chi connectivity index (χ3v) is 3.95. The molecule has 0 saturated heterocycles. The van der Waals surface area contributed by atoms with Crippen LogP contribution in [0.5, 0.6) is 0 Å². The summed E-state index contributed by atoms with van der Waals surface area (Å²) < 4.78 is 0. The van der Waals surface area contributed by atoms with Gasteiger partial charge in [0.25, 0.3) is 0 Å². The predicted molar refractivity (Wildman–Crippen MR) is 63.9 cm³/mol. The maximum atomic E-state index is 12.1. The molecule has 1 fully saturated rings. The average Bonchev–Trinajstić information content (AvgIpc) is 3.09. The van der Waals surface area contributed by atoms with Crippen LogP contribution in [0.1, 0.15) is 46.5 Å². The molecule has 0 aliphatic heterocycles. The summed E-state index contributed by atoms with van der Waals surface area (Å²) in [5.41, 5.74) is 4.75. The molecule has 0 aromatic rings. The maximum Gasteiger partial charge on any atom is 0.240 e. The van der Waals surface area contributed by atoms with E-state index in [1.807, 2.05) is 13.8 Å². The molecule has 1 saturated carbocycles. The van der Waals surface area contributed by atoms with Crippen molar-refractivity contribution in [2.24, 2.45) is 11.7 Å². The number of amides is 1. The molecule has 4 heteroatoms. The van der Waals surface area contributed by atoms with Gasteiger partial charge in [-0.2, -0.15) is 0 Å². The Hall–Kier alpha value is -0.610. The van der Waals surface area contributed by atoms with Crippen LogP contribution in [0.4, 0.5) is 0 Å². The molecule has 0 bridgehead atoms. The van der Waals surface area contributed by atoms with Crippen molar-refractivity contribution in [1.82, 2.24) is 5.32 Å². The third-order valence-electron chi connectivity index (χ3n) is 3.95. The lowest BCUT2D eigenvalue weighted by molar-refractivity contribution is -0.129. The number of aliphatic hydroxyl groups is 1. The zero-order chi connectivity index (χ0) is 12.4. The first kappa shape index (κ1) is 13.5. The first-order valence-electron chi connectivity index (χ1n) is 6.14. The number of carbonyl (C=O) groups is 1. The van der Waals surface area contributed by atoms with Crippen molar-refractivity contribution in [3.05, 3.63) is 0 Å². The van der Waals surface area contributed by atoms with Crippen LogP contribution in [0.15, 0.2) is 0 Å². The molecular formula is C12H24N2O2. The van der Waals surface area contributed by atoms with E-state index in [2.05, 4.69) is 5.32 Å². The van der Waals surface area contributed by atoms with Gasteiger partial charge in [-0.05, 0) is 38.5 Å². The Morgan fingerprint density at radius 2 is 1.94 bits per heavy atom. The topological polar surface area (TPSA) is 75.3 Å². The minimum atomic E-state index is -0.787. The molecule has 16 heavy (non-hydrogen) atoms. The Morgan fingerprint density at radius 3 is 2.25 bits per heavy atom. The van der Waals surface area contributed by atoms with Crippen LogP contribution in [0.3, 0.4) is 0 Å². The summed E-state index contributed by atoms with van der Waals surface area (Å²) in [5.74, 6) is 0.172. The highest BCUT2D eigenvalue weighted by Gasteiger charge is 2.45. The van der Waals surface area contributed by atoms with Gasteiger partial charge in [-0.15, -0.1) is 0 Å². The van der Waals surface area contributed by atoms with E-state index in [0.717, 1.165) is 12.8 Å². The third kappa shape index (κ3) is 2.55. The monoisotopic (exact) mass is 228 g/mol. The molecule has 94 valence electrons. The Morgan fingerprint density at radius 1 is 1.44 bits per heavy atom. The van der Waals surface area contributed by atoms with E-state index in [1.165, 1.54) is 0 Å². The quantitative estimate of drug-likeness (QED) is 0.629. The summed E-state index contributed by atoms with van der Waals surface area (Å²) in [6.07, 6.45) is 3.49. The molecule has 1 atom stereocenters. The summed E-state index contributed by atoms with van der Waals surface area (Å²) in [5, 5.41) is 12.3. The van der Waals surface area contributed by atoms with Gasteiger partial charge < -0.3 is 16.2 Å². The number of rotatable bonds is 6. The SMILES string of the molecule is CCC(CC)(CO)NC(=O)C(C)(N)C1CC1. The molecule has 1 rings (SSSR count). The van der Waals surface area contributed by atoms with Crippen molar-refractivity contribution in [2.75, 3.05) is 6.61 Å². The van der Waals surface area contributed by atoms with Crippen molar-refractivity contribution in [1.29, 1.82) is 0 Å².